The number of alkyl halides is 3. The molecule has 3 fully saturated rings. The zero-order chi connectivity index (χ0) is 24.7. The number of carbonyl (C=O) groups excluding carboxylic acids is 2. The minimum Gasteiger partial charge on any atom is -0.366 e. The number of likely N-dealkylation sites (tertiary alicyclic amines) is 2. The number of nitrogens with one attached hydrogen (secondary N) is 1. The quantitative estimate of drug-likeness (QED) is 0.647. The highest BCUT2D eigenvalue weighted by Crippen LogP contribution is 2.39. The molecule has 3 aliphatic heterocycles. The standard InChI is InChI=1S/C23H31F3N3O4P/c1-34(2,32)17-4-3-16(18(12-17)23(24,25)26)11-15-5-8-28(9-6-15)22(31)29-10-7-20-19(13-29)27-21(30)14-33-20/h3-4,12,15,19-20H,5-11,13-14H2,1-2H3,(H,27,30)/t19-,20+/m1/s1. The lowest BCUT2D eigenvalue weighted by molar-refractivity contribution is -0.140. The number of halogens is 3. The van der Waals surface area contributed by atoms with Gasteiger partial charge in [-0.3, -0.25) is 4.79 Å². The molecule has 4 rings (SSSR count). The Morgan fingerprint density at radius 3 is 2.47 bits per heavy atom. The fraction of sp³-hybridized carbons (Fsp3) is 0.652. The van der Waals surface area contributed by atoms with E-state index in [1.807, 2.05) is 0 Å². The van der Waals surface area contributed by atoms with Crippen LogP contribution < -0.4 is 10.6 Å². The molecule has 1 aromatic rings. The molecule has 3 aliphatic rings. The van der Waals surface area contributed by atoms with Gasteiger partial charge < -0.3 is 24.4 Å². The average molecular weight is 501 g/mol. The summed E-state index contributed by atoms with van der Waals surface area (Å²) in [6.07, 6.45) is -2.43. The molecule has 11 heteroatoms. The van der Waals surface area contributed by atoms with Crippen molar-refractivity contribution in [2.45, 2.75) is 44.0 Å². The number of hydrogen-bond donors (Lipinski definition) is 1. The molecule has 2 atom stereocenters. The summed E-state index contributed by atoms with van der Waals surface area (Å²) in [6.45, 7) is 4.90. The van der Waals surface area contributed by atoms with Crippen molar-refractivity contribution in [2.75, 3.05) is 46.1 Å². The van der Waals surface area contributed by atoms with Crippen LogP contribution in [0.25, 0.3) is 0 Å². The largest absolute Gasteiger partial charge is 0.416 e. The lowest BCUT2D eigenvalue weighted by Gasteiger charge is -2.43. The third kappa shape index (κ3) is 5.60. The number of urea groups is 1. The number of amides is 3. The normalized spacial score (nSPS) is 24.6. The number of benzene rings is 1. The predicted molar refractivity (Wildman–Crippen MR) is 122 cm³/mol. The molecule has 0 radical (unpaired) electrons. The van der Waals surface area contributed by atoms with Crippen LogP contribution in [0.2, 0.25) is 0 Å². The van der Waals surface area contributed by atoms with Gasteiger partial charge in [0.1, 0.15) is 13.7 Å². The van der Waals surface area contributed by atoms with Gasteiger partial charge in [-0.1, -0.05) is 12.1 Å². The molecule has 1 aromatic carbocycles. The molecule has 1 N–H and O–H groups in total. The minimum atomic E-state index is -4.51. The highest BCUT2D eigenvalue weighted by atomic mass is 31.2. The molecule has 3 heterocycles. The van der Waals surface area contributed by atoms with E-state index in [1.54, 1.807) is 15.9 Å². The van der Waals surface area contributed by atoms with Gasteiger partial charge in [0.2, 0.25) is 5.91 Å². The fourth-order valence-corrected chi connectivity index (χ4v) is 5.93. The van der Waals surface area contributed by atoms with Crippen molar-refractivity contribution in [3.63, 3.8) is 0 Å². The van der Waals surface area contributed by atoms with E-state index in [1.165, 1.54) is 19.4 Å². The average Bonchev–Trinajstić information content (AvgIpc) is 2.77. The molecule has 0 saturated carbocycles. The minimum absolute atomic E-state index is 0.0304. The molecule has 0 aromatic heterocycles. The number of rotatable bonds is 3. The molecular weight excluding hydrogens is 470 g/mol. The van der Waals surface area contributed by atoms with Crippen molar-refractivity contribution in [2.24, 2.45) is 5.92 Å². The first-order chi connectivity index (χ1) is 15.9. The molecular formula is C23H31F3N3O4P. The SMILES string of the molecule is CP(C)(=O)c1ccc(CC2CCN(C(=O)N3CC[C@@H]4OCC(=O)N[C@@H]4C3)CC2)c(C(F)(F)F)c1. The Morgan fingerprint density at radius 1 is 1.15 bits per heavy atom. The van der Waals surface area contributed by atoms with E-state index in [4.69, 9.17) is 4.74 Å². The number of fused-ring (bicyclic) bond motifs is 1. The summed E-state index contributed by atoms with van der Waals surface area (Å²) < 4.78 is 58.9. The predicted octanol–water partition coefficient (Wildman–Crippen LogP) is 2.92. The van der Waals surface area contributed by atoms with E-state index in [9.17, 15) is 27.3 Å². The monoisotopic (exact) mass is 501 g/mol. The van der Waals surface area contributed by atoms with Gasteiger partial charge in [-0.2, -0.15) is 13.2 Å². The van der Waals surface area contributed by atoms with E-state index in [-0.39, 0.29) is 53.9 Å². The zero-order valence-electron chi connectivity index (χ0n) is 19.4. The maximum absolute atomic E-state index is 13.7. The van der Waals surface area contributed by atoms with Crippen LogP contribution in [0.1, 0.15) is 30.4 Å². The topological polar surface area (TPSA) is 79.0 Å². The highest BCUT2D eigenvalue weighted by Gasteiger charge is 2.39. The van der Waals surface area contributed by atoms with Crippen LogP contribution in [-0.2, 0) is 26.7 Å². The van der Waals surface area contributed by atoms with Crippen LogP contribution in [0.15, 0.2) is 18.2 Å². The van der Waals surface area contributed by atoms with Crippen LogP contribution >= 0.6 is 7.14 Å². The lowest BCUT2D eigenvalue weighted by Crippen LogP contribution is -2.62. The van der Waals surface area contributed by atoms with Gasteiger partial charge in [0.25, 0.3) is 0 Å². The number of ether oxygens (including phenoxy) is 1. The second kappa shape index (κ2) is 9.53. The molecule has 3 amide bonds. The molecule has 34 heavy (non-hydrogen) atoms. The van der Waals surface area contributed by atoms with Crippen molar-refractivity contribution in [3.05, 3.63) is 29.3 Å². The van der Waals surface area contributed by atoms with Gasteiger partial charge >= 0.3 is 12.2 Å². The van der Waals surface area contributed by atoms with Crippen LogP contribution in [-0.4, -0.2) is 80.0 Å². The maximum Gasteiger partial charge on any atom is 0.416 e. The van der Waals surface area contributed by atoms with E-state index in [0.29, 0.717) is 45.4 Å². The molecule has 0 aliphatic carbocycles. The summed E-state index contributed by atoms with van der Waals surface area (Å²) in [5.41, 5.74) is -0.503. The zero-order valence-corrected chi connectivity index (χ0v) is 20.3. The molecule has 0 unspecified atom stereocenters. The third-order valence-electron chi connectivity index (χ3n) is 7.01. The molecule has 0 bridgehead atoms. The van der Waals surface area contributed by atoms with Crippen molar-refractivity contribution < 1.29 is 32.1 Å². The van der Waals surface area contributed by atoms with Gasteiger partial charge in [-0.05, 0) is 56.6 Å². The summed E-state index contributed by atoms with van der Waals surface area (Å²) >= 11 is 0. The van der Waals surface area contributed by atoms with E-state index < -0.39 is 18.9 Å². The number of hydrogen-bond acceptors (Lipinski definition) is 4. The summed E-state index contributed by atoms with van der Waals surface area (Å²) in [6, 6.07) is 3.73. The Labute approximate surface area is 197 Å². The second-order valence-corrected chi connectivity index (χ2v) is 13.1. The van der Waals surface area contributed by atoms with Crippen molar-refractivity contribution in [1.82, 2.24) is 15.1 Å². The molecule has 7 nitrogen and oxygen atoms in total. The Bertz CT molecular complexity index is 988. The first-order valence-electron chi connectivity index (χ1n) is 11.6. The molecule has 188 valence electrons. The fourth-order valence-electron chi connectivity index (χ4n) is 5.05. The number of carbonyl (C=O) groups is 2. The summed E-state index contributed by atoms with van der Waals surface area (Å²) in [7, 11) is -2.80. The summed E-state index contributed by atoms with van der Waals surface area (Å²) in [5, 5.41) is 3.11. The highest BCUT2D eigenvalue weighted by molar-refractivity contribution is 7.70. The van der Waals surface area contributed by atoms with Gasteiger partial charge in [0, 0.05) is 31.5 Å². The van der Waals surface area contributed by atoms with Gasteiger partial charge in [-0.25, -0.2) is 4.79 Å². The molecule has 0 spiro atoms. The van der Waals surface area contributed by atoms with Crippen molar-refractivity contribution in [1.29, 1.82) is 0 Å². The van der Waals surface area contributed by atoms with E-state index in [0.717, 1.165) is 6.07 Å². The number of nitrogens with zero attached hydrogens (tertiary/aromatic N) is 2. The number of piperidine rings is 2. The van der Waals surface area contributed by atoms with Crippen LogP contribution in [0.3, 0.4) is 0 Å². The van der Waals surface area contributed by atoms with Gasteiger partial charge in [0.15, 0.2) is 0 Å². The third-order valence-corrected chi connectivity index (χ3v) is 8.53. The van der Waals surface area contributed by atoms with Crippen molar-refractivity contribution in [3.8, 4) is 0 Å². The van der Waals surface area contributed by atoms with Crippen LogP contribution in [0, 0.1) is 5.92 Å². The summed E-state index contributed by atoms with van der Waals surface area (Å²) in [4.78, 5) is 28.1. The van der Waals surface area contributed by atoms with Crippen molar-refractivity contribution >= 4 is 24.4 Å². The second-order valence-electron chi connectivity index (χ2n) is 9.87. The Morgan fingerprint density at radius 2 is 1.82 bits per heavy atom. The lowest BCUT2D eigenvalue weighted by atomic mass is 9.88. The Hall–Kier alpha value is -2.06. The van der Waals surface area contributed by atoms with Gasteiger partial charge in [-0.15, -0.1) is 0 Å². The maximum atomic E-state index is 13.7. The van der Waals surface area contributed by atoms with E-state index >= 15 is 0 Å². The van der Waals surface area contributed by atoms with Crippen LogP contribution in [0.5, 0.6) is 0 Å². The first-order valence-corrected chi connectivity index (χ1v) is 14.2. The Kier molecular flexibility index (Phi) is 7.02. The number of morpholine rings is 1. The molecule has 3 saturated heterocycles. The Balaban J connectivity index is 1.36. The summed E-state index contributed by atoms with van der Waals surface area (Å²) in [5.74, 6) is -0.147. The van der Waals surface area contributed by atoms with Crippen LogP contribution in [0.4, 0.5) is 18.0 Å². The first kappa shape index (κ1) is 25.0. The van der Waals surface area contributed by atoms with Gasteiger partial charge in [0.05, 0.1) is 17.7 Å². The van der Waals surface area contributed by atoms with E-state index in [2.05, 4.69) is 5.32 Å². The smallest absolute Gasteiger partial charge is 0.366 e.